The molecule has 5 aliphatic rings. The maximum Gasteiger partial charge on any atom is 0.326 e. The second-order valence-corrected chi connectivity index (χ2v) is 11.8. The lowest BCUT2D eigenvalue weighted by Crippen LogP contribution is -2.70. The monoisotopic (exact) mass is 482 g/mol. The number of amides is 1. The Labute approximate surface area is 202 Å². The molecular weight excluding hydrogens is 440 g/mol. The van der Waals surface area contributed by atoms with Crippen molar-refractivity contribution in [1.29, 1.82) is 0 Å². The zero-order valence-corrected chi connectivity index (χ0v) is 21.5. The second-order valence-electron chi connectivity index (χ2n) is 11.8. The normalized spacial score (nSPS) is 41.4. The van der Waals surface area contributed by atoms with Gasteiger partial charge in [-0.1, -0.05) is 13.8 Å². The summed E-state index contributed by atoms with van der Waals surface area (Å²) >= 11 is 0. The van der Waals surface area contributed by atoms with Gasteiger partial charge in [0.2, 0.25) is 11.7 Å². The van der Waals surface area contributed by atoms with Crippen molar-refractivity contribution in [3.05, 3.63) is 0 Å². The summed E-state index contributed by atoms with van der Waals surface area (Å²) in [6, 6.07) is 0. The minimum absolute atomic E-state index is 0.0612. The standard InChI is InChI=1S/C25H42N2O7/c1-15-7-8-18-16(2)19(13-20(28)27(12-11-26)14-21(29)31-23(3,4)5)30-22-25(18)17(15)9-10-24(6,32-22)33-34-25/h15-19,22H,7-14,26H2,1-6H3/t15-,16-,17+,18+,19-,22-,24-,25-/m1/s1. The third-order valence-corrected chi connectivity index (χ3v) is 8.16. The van der Waals surface area contributed by atoms with Crippen LogP contribution < -0.4 is 5.73 Å². The van der Waals surface area contributed by atoms with Gasteiger partial charge in [0.25, 0.3) is 0 Å². The van der Waals surface area contributed by atoms with Crippen LogP contribution in [0.15, 0.2) is 0 Å². The Morgan fingerprint density at radius 2 is 1.85 bits per heavy atom. The van der Waals surface area contributed by atoms with Crippen molar-refractivity contribution in [2.24, 2.45) is 29.4 Å². The minimum atomic E-state index is -0.852. The molecule has 5 fully saturated rings. The van der Waals surface area contributed by atoms with Crippen LogP contribution in [0.5, 0.6) is 0 Å². The quantitative estimate of drug-likeness (QED) is 0.455. The molecule has 1 amide bonds. The molecule has 1 saturated carbocycles. The third-order valence-electron chi connectivity index (χ3n) is 8.16. The molecular formula is C25H42N2O7. The van der Waals surface area contributed by atoms with E-state index in [9.17, 15) is 9.59 Å². The predicted octanol–water partition coefficient (Wildman–Crippen LogP) is 2.76. The molecule has 9 heteroatoms. The number of nitrogens with zero attached hydrogens (tertiary/aromatic N) is 1. The first-order valence-corrected chi connectivity index (χ1v) is 12.8. The molecule has 8 atom stereocenters. The lowest BCUT2D eigenvalue weighted by atomic mass is 9.57. The van der Waals surface area contributed by atoms with Crippen LogP contribution in [0.1, 0.15) is 73.6 Å². The van der Waals surface area contributed by atoms with E-state index in [0.29, 0.717) is 5.92 Å². The Kier molecular flexibility index (Phi) is 7.08. The van der Waals surface area contributed by atoms with Gasteiger partial charge in [-0.25, -0.2) is 9.78 Å². The van der Waals surface area contributed by atoms with Crippen molar-refractivity contribution in [2.45, 2.75) is 103 Å². The molecule has 0 aromatic rings. The molecule has 0 aromatic carbocycles. The summed E-state index contributed by atoms with van der Waals surface area (Å²) in [5.41, 5.74) is 4.47. The van der Waals surface area contributed by atoms with E-state index in [1.165, 1.54) is 4.90 Å². The number of hydrogen-bond donors (Lipinski definition) is 1. The van der Waals surface area contributed by atoms with Crippen LogP contribution in [0.3, 0.4) is 0 Å². The predicted molar refractivity (Wildman–Crippen MR) is 123 cm³/mol. The first-order chi connectivity index (χ1) is 15.9. The molecule has 4 saturated heterocycles. The lowest BCUT2D eigenvalue weighted by Gasteiger charge is -2.60. The average Bonchev–Trinajstić information content (AvgIpc) is 2.96. The number of carbonyl (C=O) groups excluding carboxylic acids is 2. The first-order valence-electron chi connectivity index (χ1n) is 12.8. The van der Waals surface area contributed by atoms with Crippen LogP contribution in [-0.2, 0) is 33.6 Å². The van der Waals surface area contributed by atoms with Gasteiger partial charge >= 0.3 is 5.97 Å². The number of fused-ring (bicyclic) bond motifs is 2. The van der Waals surface area contributed by atoms with Gasteiger partial charge in [-0.3, -0.25) is 9.59 Å². The Morgan fingerprint density at radius 1 is 1.12 bits per heavy atom. The lowest BCUT2D eigenvalue weighted by molar-refractivity contribution is -0.570. The molecule has 0 aromatic heterocycles. The van der Waals surface area contributed by atoms with Crippen molar-refractivity contribution in [1.82, 2.24) is 4.90 Å². The maximum atomic E-state index is 13.3. The van der Waals surface area contributed by atoms with Crippen LogP contribution in [-0.4, -0.2) is 65.8 Å². The fourth-order valence-electron chi connectivity index (χ4n) is 6.49. The van der Waals surface area contributed by atoms with Gasteiger partial charge in [0.05, 0.1) is 12.5 Å². The van der Waals surface area contributed by atoms with Crippen LogP contribution in [0.25, 0.3) is 0 Å². The summed E-state index contributed by atoms with van der Waals surface area (Å²) in [4.78, 5) is 39.2. The van der Waals surface area contributed by atoms with Gasteiger partial charge in [0.15, 0.2) is 11.9 Å². The molecule has 34 heavy (non-hydrogen) atoms. The van der Waals surface area contributed by atoms with Crippen LogP contribution >= 0.6 is 0 Å². The topological polar surface area (TPSA) is 110 Å². The van der Waals surface area contributed by atoms with Gasteiger partial charge in [-0.2, -0.15) is 0 Å². The van der Waals surface area contributed by atoms with E-state index in [2.05, 4.69) is 13.8 Å². The van der Waals surface area contributed by atoms with Crippen LogP contribution in [0.2, 0.25) is 0 Å². The summed E-state index contributed by atoms with van der Waals surface area (Å²) < 4.78 is 18.3. The number of rotatable bonds is 6. The van der Waals surface area contributed by atoms with Gasteiger partial charge in [0, 0.05) is 25.4 Å². The molecule has 1 spiro atoms. The smallest absolute Gasteiger partial charge is 0.326 e. The molecule has 4 aliphatic heterocycles. The van der Waals surface area contributed by atoms with Crippen LogP contribution in [0.4, 0.5) is 0 Å². The highest BCUT2D eigenvalue weighted by Crippen LogP contribution is 2.60. The zero-order chi connectivity index (χ0) is 24.9. The average molecular weight is 483 g/mol. The Morgan fingerprint density at radius 3 is 2.53 bits per heavy atom. The highest BCUT2D eigenvalue weighted by molar-refractivity contribution is 5.82. The van der Waals surface area contributed by atoms with Gasteiger partial charge in [-0.05, 0) is 64.7 Å². The summed E-state index contributed by atoms with van der Waals surface area (Å²) in [7, 11) is 0. The SMILES string of the molecule is C[C@H]1[C@@H](CC(=O)N(CCN)CC(=O)OC(C)(C)C)O[C@@H]2O[C@@]3(C)CC[C@H]4[C@H](C)CC[C@@H]1[C@@]24OO3. The maximum absolute atomic E-state index is 13.3. The van der Waals surface area contributed by atoms with Crippen LogP contribution in [0, 0.1) is 23.7 Å². The number of nitrogens with two attached hydrogens (primary N) is 1. The van der Waals surface area contributed by atoms with E-state index in [0.717, 1.165) is 25.7 Å². The van der Waals surface area contributed by atoms with Crippen molar-refractivity contribution in [2.75, 3.05) is 19.6 Å². The number of esters is 1. The van der Waals surface area contributed by atoms with E-state index >= 15 is 0 Å². The number of carbonyl (C=O) groups is 2. The van der Waals surface area contributed by atoms with E-state index < -0.39 is 29.2 Å². The number of hydrogen-bond acceptors (Lipinski definition) is 8. The molecule has 1 aliphatic carbocycles. The van der Waals surface area contributed by atoms with Gasteiger partial charge < -0.3 is 24.8 Å². The summed E-state index contributed by atoms with van der Waals surface area (Å²) in [6.45, 7) is 12.1. The minimum Gasteiger partial charge on any atom is -0.459 e. The van der Waals surface area contributed by atoms with E-state index in [4.69, 9.17) is 29.7 Å². The largest absolute Gasteiger partial charge is 0.459 e. The van der Waals surface area contributed by atoms with Crippen molar-refractivity contribution < 1.29 is 33.6 Å². The zero-order valence-electron chi connectivity index (χ0n) is 21.5. The molecule has 2 bridgehead atoms. The first kappa shape index (κ1) is 25.8. The fraction of sp³-hybridized carbons (Fsp3) is 0.920. The highest BCUT2D eigenvalue weighted by Gasteiger charge is 2.69. The number of ether oxygens (including phenoxy) is 3. The van der Waals surface area contributed by atoms with Gasteiger partial charge in [0.1, 0.15) is 12.1 Å². The molecule has 5 rings (SSSR count). The van der Waals surface area contributed by atoms with Crippen molar-refractivity contribution in [3.8, 4) is 0 Å². The van der Waals surface area contributed by atoms with E-state index in [1.54, 1.807) is 20.8 Å². The second kappa shape index (κ2) is 9.32. The highest BCUT2D eigenvalue weighted by atomic mass is 17.3. The molecule has 0 radical (unpaired) electrons. The van der Waals surface area contributed by atoms with E-state index in [-0.39, 0.29) is 55.8 Å². The summed E-state index contributed by atoms with van der Waals surface area (Å²) in [6.07, 6.45) is 2.99. The Hall–Kier alpha value is -1.26. The molecule has 194 valence electrons. The Bertz CT molecular complexity index is 786. The summed E-state index contributed by atoms with van der Waals surface area (Å²) in [5.74, 6) is -0.498. The molecule has 2 N–H and O–H groups in total. The Balaban J connectivity index is 1.51. The molecule has 0 unspecified atom stereocenters. The van der Waals surface area contributed by atoms with Crippen molar-refractivity contribution in [3.63, 3.8) is 0 Å². The van der Waals surface area contributed by atoms with E-state index in [1.807, 2.05) is 6.92 Å². The third kappa shape index (κ3) is 4.74. The molecule has 4 heterocycles. The van der Waals surface area contributed by atoms with Gasteiger partial charge in [-0.15, -0.1) is 0 Å². The fourth-order valence-corrected chi connectivity index (χ4v) is 6.49. The summed E-state index contributed by atoms with van der Waals surface area (Å²) in [5, 5.41) is 0. The molecule has 9 nitrogen and oxygen atoms in total. The van der Waals surface area contributed by atoms with Crippen molar-refractivity contribution >= 4 is 11.9 Å².